The fourth-order valence-corrected chi connectivity index (χ4v) is 10.3. The number of rotatable bonds is 16. The Morgan fingerprint density at radius 3 is 2.41 bits per heavy atom. The third-order valence-corrected chi connectivity index (χ3v) is 14.0. The van der Waals surface area contributed by atoms with Gasteiger partial charge in [0.1, 0.15) is 24.5 Å². The molecule has 4 heterocycles. The van der Waals surface area contributed by atoms with Crippen molar-refractivity contribution < 1.29 is 33.4 Å². The highest BCUT2D eigenvalue weighted by Gasteiger charge is 2.45. The van der Waals surface area contributed by atoms with Crippen LogP contribution in [0.3, 0.4) is 0 Å². The third kappa shape index (κ3) is 9.81. The molecule has 3 aromatic carbocycles. The third-order valence-electron chi connectivity index (χ3n) is 14.0. The minimum atomic E-state index is -0.999. The summed E-state index contributed by atoms with van der Waals surface area (Å²) in [5, 5.41) is 2.22. The largest absolute Gasteiger partial charge is 0.491 e. The fraction of sp³-hybridized carbons (Fsp3) is 0.444. The number of imide groups is 2. The van der Waals surface area contributed by atoms with E-state index in [9.17, 15) is 19.2 Å². The summed E-state index contributed by atoms with van der Waals surface area (Å²) in [4.78, 5) is 53.7. The van der Waals surface area contributed by atoms with Crippen LogP contribution in [0.4, 0.5) is 0 Å². The number of piperidine rings is 2. The van der Waals surface area contributed by atoms with Crippen LogP contribution in [-0.4, -0.2) is 84.0 Å². The topological polar surface area (TPSA) is 114 Å². The summed E-state index contributed by atoms with van der Waals surface area (Å²) in [6.45, 7) is 15.7. The summed E-state index contributed by atoms with van der Waals surface area (Å²) in [6.07, 6.45) is 20.2. The SMILES string of the molecule is C#C/C(=C\C=C(/C=C)c1ccc(-c2cc(C)ccc2C)c(C(C)C)c1)OC1CC(CCC2CCN3C[C@H](OCCOc4ccc5c(c4)C(=O)N(C4CCC(=O)NC4=O)C5=O)CC3C2)C1. The molecule has 334 valence electrons. The summed E-state index contributed by atoms with van der Waals surface area (Å²) >= 11 is 0. The lowest BCUT2D eigenvalue weighted by atomic mass is 9.76. The zero-order valence-corrected chi connectivity index (χ0v) is 37.7. The number of hydrogen-bond acceptors (Lipinski definition) is 8. The standard InChI is InChI=1S/C54H61N3O7/c1-7-38(39-14-17-45(47(29-39)33(3)4)48-25-34(5)9-10-35(48)6)13-15-41(8-2)64-43-27-37(28-43)12-11-36-21-22-56-32-44(30-40(56)26-36)63-24-23-62-42-16-18-46-49(31-42)54(61)57(53(46)60)50-19-20-51(58)55-52(50)59/h2,7,9-10,13-18,25,29,31,33,36-37,40,43-44,50H,1,11-12,19-24,26-28,30,32H2,3-6H3,(H,55,58,59)/b38-13+,41-15+/t36?,37?,40?,43?,44-,50?/m1/s1. The lowest BCUT2D eigenvalue weighted by Gasteiger charge is -2.38. The van der Waals surface area contributed by atoms with E-state index in [1.807, 2.05) is 18.2 Å². The van der Waals surface area contributed by atoms with Crippen LogP contribution in [0, 0.1) is 38.0 Å². The first-order valence-electron chi connectivity index (χ1n) is 23.1. The average Bonchev–Trinajstić information content (AvgIpc) is 3.79. The molecule has 8 rings (SSSR count). The first-order chi connectivity index (χ1) is 30.9. The molecule has 3 saturated heterocycles. The maximum absolute atomic E-state index is 13.2. The summed E-state index contributed by atoms with van der Waals surface area (Å²) in [5.74, 6) is 3.42. The molecule has 3 unspecified atom stereocenters. The molecular formula is C54H61N3O7. The highest BCUT2D eigenvalue weighted by Crippen LogP contribution is 2.40. The molecule has 1 N–H and O–H groups in total. The molecule has 5 aliphatic rings. The summed E-state index contributed by atoms with van der Waals surface area (Å²) in [6, 6.07) is 17.6. The predicted molar refractivity (Wildman–Crippen MR) is 248 cm³/mol. The van der Waals surface area contributed by atoms with Gasteiger partial charge in [0.05, 0.1) is 23.8 Å². The molecule has 64 heavy (non-hydrogen) atoms. The first kappa shape index (κ1) is 44.8. The smallest absolute Gasteiger partial charge is 0.262 e. The Bertz CT molecular complexity index is 2420. The maximum Gasteiger partial charge on any atom is 0.262 e. The van der Waals surface area contributed by atoms with E-state index in [1.165, 1.54) is 53.5 Å². The van der Waals surface area contributed by atoms with Gasteiger partial charge in [0.15, 0.2) is 5.76 Å². The van der Waals surface area contributed by atoms with E-state index in [2.05, 4.69) is 86.8 Å². The van der Waals surface area contributed by atoms with Crippen LogP contribution in [0.5, 0.6) is 5.75 Å². The number of aryl methyl sites for hydroxylation is 2. The predicted octanol–water partition coefficient (Wildman–Crippen LogP) is 9.11. The lowest BCUT2D eigenvalue weighted by Crippen LogP contribution is -2.54. The van der Waals surface area contributed by atoms with Crippen molar-refractivity contribution >= 4 is 29.2 Å². The van der Waals surface area contributed by atoms with Gasteiger partial charge in [-0.1, -0.05) is 81.0 Å². The first-order valence-corrected chi connectivity index (χ1v) is 23.1. The molecule has 0 aromatic heterocycles. The van der Waals surface area contributed by atoms with Gasteiger partial charge >= 0.3 is 0 Å². The van der Waals surface area contributed by atoms with Gasteiger partial charge in [-0.3, -0.25) is 34.3 Å². The van der Waals surface area contributed by atoms with Gasteiger partial charge < -0.3 is 14.2 Å². The number of amides is 4. The van der Waals surface area contributed by atoms with Crippen LogP contribution in [0.15, 0.2) is 85.2 Å². The quantitative estimate of drug-likeness (QED) is 0.0499. The van der Waals surface area contributed by atoms with Gasteiger partial charge in [-0.25, -0.2) is 0 Å². The summed E-state index contributed by atoms with van der Waals surface area (Å²) in [5.41, 5.74) is 8.93. The van der Waals surface area contributed by atoms with Crippen molar-refractivity contribution in [1.29, 1.82) is 0 Å². The highest BCUT2D eigenvalue weighted by atomic mass is 16.5. The molecule has 4 atom stereocenters. The van der Waals surface area contributed by atoms with Crippen LogP contribution in [0.25, 0.3) is 16.7 Å². The molecule has 0 bridgehead atoms. The average molecular weight is 864 g/mol. The Morgan fingerprint density at radius 1 is 0.859 bits per heavy atom. The number of hydrogen-bond donors (Lipinski definition) is 1. The molecule has 10 nitrogen and oxygen atoms in total. The van der Waals surface area contributed by atoms with Gasteiger partial charge in [0.25, 0.3) is 11.8 Å². The number of fused-ring (bicyclic) bond motifs is 2. The summed E-state index contributed by atoms with van der Waals surface area (Å²) in [7, 11) is 0. The van der Waals surface area contributed by atoms with Gasteiger partial charge in [-0.05, 0) is 147 Å². The lowest BCUT2D eigenvalue weighted by molar-refractivity contribution is -0.136. The monoisotopic (exact) mass is 863 g/mol. The Balaban J connectivity index is 0.747. The zero-order valence-electron chi connectivity index (χ0n) is 37.7. The molecule has 4 aliphatic heterocycles. The van der Waals surface area contributed by atoms with E-state index in [1.54, 1.807) is 18.2 Å². The van der Waals surface area contributed by atoms with Crippen molar-refractivity contribution in [2.24, 2.45) is 11.8 Å². The van der Waals surface area contributed by atoms with Crippen LogP contribution >= 0.6 is 0 Å². The Kier molecular flexibility index (Phi) is 13.7. The van der Waals surface area contributed by atoms with E-state index in [0.29, 0.717) is 42.6 Å². The van der Waals surface area contributed by atoms with Gasteiger partial charge in [0, 0.05) is 19.0 Å². The Morgan fingerprint density at radius 2 is 1.64 bits per heavy atom. The molecule has 0 spiro atoms. The van der Waals surface area contributed by atoms with E-state index < -0.39 is 29.7 Å². The highest BCUT2D eigenvalue weighted by molar-refractivity contribution is 6.23. The molecule has 1 saturated carbocycles. The van der Waals surface area contributed by atoms with Crippen molar-refractivity contribution in [3.8, 4) is 29.2 Å². The van der Waals surface area contributed by atoms with E-state index in [0.717, 1.165) is 54.3 Å². The van der Waals surface area contributed by atoms with Crippen molar-refractivity contribution in [3.05, 3.63) is 119 Å². The molecular weight excluding hydrogens is 803 g/mol. The summed E-state index contributed by atoms with van der Waals surface area (Å²) < 4.78 is 18.5. The van der Waals surface area contributed by atoms with Crippen LogP contribution in [0.1, 0.15) is 121 Å². The number of nitrogens with one attached hydrogen (secondary N) is 1. The Labute approximate surface area is 378 Å². The van der Waals surface area contributed by atoms with Gasteiger partial charge in [0.2, 0.25) is 11.8 Å². The van der Waals surface area contributed by atoms with Crippen LogP contribution in [0.2, 0.25) is 0 Å². The molecule has 0 radical (unpaired) electrons. The van der Waals surface area contributed by atoms with Crippen molar-refractivity contribution in [1.82, 2.24) is 15.1 Å². The number of nitrogens with zero attached hydrogens (tertiary/aromatic N) is 2. The number of terminal acetylenes is 1. The minimum Gasteiger partial charge on any atom is -0.491 e. The van der Waals surface area contributed by atoms with E-state index in [4.69, 9.17) is 20.6 Å². The van der Waals surface area contributed by atoms with Crippen molar-refractivity contribution in [3.63, 3.8) is 0 Å². The second kappa shape index (κ2) is 19.5. The number of benzene rings is 3. The second-order valence-electron chi connectivity index (χ2n) is 18.7. The molecule has 4 amide bonds. The second-order valence-corrected chi connectivity index (χ2v) is 18.7. The zero-order chi connectivity index (χ0) is 45.1. The molecule has 1 aliphatic carbocycles. The fourth-order valence-electron chi connectivity index (χ4n) is 10.3. The van der Waals surface area contributed by atoms with Crippen LogP contribution < -0.4 is 10.1 Å². The minimum absolute atomic E-state index is 0.0770. The van der Waals surface area contributed by atoms with E-state index >= 15 is 0 Å². The van der Waals surface area contributed by atoms with Crippen molar-refractivity contribution in [2.45, 2.75) is 116 Å². The number of ether oxygens (including phenoxy) is 3. The molecule has 4 fully saturated rings. The number of allylic oxidation sites excluding steroid dienone is 5. The van der Waals surface area contributed by atoms with Gasteiger partial charge in [-0.2, -0.15) is 0 Å². The molecule has 10 heteroatoms. The van der Waals surface area contributed by atoms with Crippen LogP contribution in [-0.2, 0) is 19.1 Å². The van der Waals surface area contributed by atoms with Crippen molar-refractivity contribution in [2.75, 3.05) is 26.3 Å². The Hall–Kier alpha value is -5.76. The normalized spacial score (nSPS) is 24.8. The number of carbonyl (C=O) groups excluding carboxylic acids is 4. The van der Waals surface area contributed by atoms with Gasteiger partial charge in [-0.15, -0.1) is 6.42 Å². The van der Waals surface area contributed by atoms with E-state index in [-0.39, 0.29) is 36.2 Å². The number of carbonyl (C=O) groups is 4. The maximum atomic E-state index is 13.2. The molecule has 3 aromatic rings.